The molecule has 1 aliphatic carbocycles. The van der Waals surface area contributed by atoms with E-state index in [1.165, 1.54) is 12.8 Å². The van der Waals surface area contributed by atoms with Crippen LogP contribution < -0.4 is 5.32 Å². The minimum absolute atomic E-state index is 0.107. The molecule has 0 aromatic heterocycles. The lowest BCUT2D eigenvalue weighted by molar-refractivity contribution is -0.120. The summed E-state index contributed by atoms with van der Waals surface area (Å²) < 4.78 is 0. The van der Waals surface area contributed by atoms with Gasteiger partial charge in [0.2, 0.25) is 5.91 Å². The average molecular weight is 155 g/mol. The number of nitrogens with one attached hydrogen (secondary N) is 1. The van der Waals surface area contributed by atoms with Gasteiger partial charge in [-0.2, -0.15) is 0 Å². The van der Waals surface area contributed by atoms with Crippen LogP contribution in [0.4, 0.5) is 0 Å². The minimum Gasteiger partial charge on any atom is -0.353 e. The van der Waals surface area contributed by atoms with Crippen molar-refractivity contribution in [2.24, 2.45) is 11.8 Å². The van der Waals surface area contributed by atoms with Crippen molar-refractivity contribution in [2.45, 2.75) is 39.7 Å². The van der Waals surface area contributed by atoms with E-state index in [2.05, 4.69) is 19.2 Å². The van der Waals surface area contributed by atoms with Crippen LogP contribution in [0.5, 0.6) is 0 Å². The highest BCUT2D eigenvalue weighted by Gasteiger charge is 2.33. The Morgan fingerprint density at radius 2 is 2.00 bits per heavy atom. The number of amides is 1. The topological polar surface area (TPSA) is 29.1 Å². The molecule has 1 unspecified atom stereocenters. The summed E-state index contributed by atoms with van der Waals surface area (Å²) >= 11 is 0. The highest BCUT2D eigenvalue weighted by molar-refractivity contribution is 5.73. The number of hydrogen-bond acceptors (Lipinski definition) is 1. The Labute approximate surface area is 68.4 Å². The summed E-state index contributed by atoms with van der Waals surface area (Å²) in [5.74, 6) is 1.45. The molecule has 2 heteroatoms. The molecule has 0 aromatic rings. The molecule has 0 aromatic carbocycles. The van der Waals surface area contributed by atoms with Crippen molar-refractivity contribution in [3.8, 4) is 0 Å². The zero-order valence-electron chi connectivity index (χ0n) is 7.55. The van der Waals surface area contributed by atoms with Crippen LogP contribution in [0.2, 0.25) is 0 Å². The fourth-order valence-corrected chi connectivity index (χ4v) is 1.52. The van der Waals surface area contributed by atoms with Crippen LogP contribution in [-0.4, -0.2) is 11.9 Å². The fraction of sp³-hybridized carbons (Fsp3) is 0.889. The van der Waals surface area contributed by atoms with Gasteiger partial charge in [0.05, 0.1) is 0 Å². The molecule has 11 heavy (non-hydrogen) atoms. The number of rotatable bonds is 3. The molecule has 1 N–H and O–H groups in total. The Kier molecular flexibility index (Phi) is 2.53. The van der Waals surface area contributed by atoms with Crippen molar-refractivity contribution in [1.82, 2.24) is 5.32 Å². The van der Waals surface area contributed by atoms with Gasteiger partial charge in [-0.15, -0.1) is 0 Å². The van der Waals surface area contributed by atoms with Crippen molar-refractivity contribution >= 4 is 5.91 Å². The van der Waals surface area contributed by atoms with E-state index >= 15 is 0 Å². The van der Waals surface area contributed by atoms with Gasteiger partial charge in [0.25, 0.3) is 0 Å². The van der Waals surface area contributed by atoms with E-state index in [0.717, 1.165) is 5.92 Å². The van der Waals surface area contributed by atoms with Crippen LogP contribution in [-0.2, 0) is 4.79 Å². The normalized spacial score (nSPS) is 20.0. The Hall–Kier alpha value is -0.530. The van der Waals surface area contributed by atoms with E-state index in [4.69, 9.17) is 0 Å². The van der Waals surface area contributed by atoms with Crippen LogP contribution in [0, 0.1) is 11.8 Å². The maximum absolute atomic E-state index is 10.8. The molecular weight excluding hydrogens is 138 g/mol. The monoisotopic (exact) mass is 155 g/mol. The highest BCUT2D eigenvalue weighted by atomic mass is 16.1. The van der Waals surface area contributed by atoms with Crippen LogP contribution in [0.15, 0.2) is 0 Å². The van der Waals surface area contributed by atoms with Gasteiger partial charge in [0, 0.05) is 13.0 Å². The predicted molar refractivity (Wildman–Crippen MR) is 45.2 cm³/mol. The molecular formula is C9H17NO. The van der Waals surface area contributed by atoms with Crippen LogP contribution in [0.3, 0.4) is 0 Å². The summed E-state index contributed by atoms with van der Waals surface area (Å²) in [7, 11) is 0. The van der Waals surface area contributed by atoms with Gasteiger partial charge in [-0.05, 0) is 24.7 Å². The average Bonchev–Trinajstić information content (AvgIpc) is 2.63. The lowest BCUT2D eigenvalue weighted by atomic mass is 10.00. The molecule has 1 saturated carbocycles. The van der Waals surface area contributed by atoms with Crippen molar-refractivity contribution < 1.29 is 4.79 Å². The van der Waals surface area contributed by atoms with E-state index in [-0.39, 0.29) is 5.91 Å². The molecule has 0 saturated heterocycles. The molecule has 1 fully saturated rings. The van der Waals surface area contributed by atoms with Gasteiger partial charge >= 0.3 is 0 Å². The van der Waals surface area contributed by atoms with Gasteiger partial charge < -0.3 is 5.32 Å². The number of carbonyl (C=O) groups excluding carboxylic acids is 1. The molecule has 1 aliphatic rings. The van der Waals surface area contributed by atoms with E-state index in [9.17, 15) is 4.79 Å². The van der Waals surface area contributed by atoms with Crippen LogP contribution >= 0.6 is 0 Å². The molecule has 1 amide bonds. The van der Waals surface area contributed by atoms with Gasteiger partial charge in [-0.3, -0.25) is 4.79 Å². The zero-order valence-corrected chi connectivity index (χ0v) is 7.55. The van der Waals surface area contributed by atoms with Crippen LogP contribution in [0.1, 0.15) is 33.6 Å². The number of hydrogen-bond donors (Lipinski definition) is 1. The molecule has 0 aliphatic heterocycles. The third kappa shape index (κ3) is 2.52. The van der Waals surface area contributed by atoms with Crippen molar-refractivity contribution in [2.75, 3.05) is 0 Å². The molecule has 0 heterocycles. The van der Waals surface area contributed by atoms with Gasteiger partial charge in [0.15, 0.2) is 0 Å². The molecule has 0 bridgehead atoms. The Bertz CT molecular complexity index is 148. The third-order valence-electron chi connectivity index (χ3n) is 2.22. The van der Waals surface area contributed by atoms with Crippen molar-refractivity contribution in [3.05, 3.63) is 0 Å². The maximum atomic E-state index is 10.8. The minimum atomic E-state index is 0.107. The summed E-state index contributed by atoms with van der Waals surface area (Å²) in [4.78, 5) is 10.8. The van der Waals surface area contributed by atoms with Crippen molar-refractivity contribution in [1.29, 1.82) is 0 Å². The van der Waals surface area contributed by atoms with Crippen molar-refractivity contribution in [3.63, 3.8) is 0 Å². The largest absolute Gasteiger partial charge is 0.353 e. The van der Waals surface area contributed by atoms with E-state index in [1.807, 2.05) is 0 Å². The first-order chi connectivity index (χ1) is 5.11. The summed E-state index contributed by atoms with van der Waals surface area (Å²) in [5.41, 5.74) is 0. The summed E-state index contributed by atoms with van der Waals surface area (Å²) in [6.45, 7) is 5.93. The standard InChI is InChI=1S/C9H17NO/c1-6(2)9(8-4-5-8)10-7(3)11/h6,8-9H,4-5H2,1-3H3,(H,10,11). The molecule has 1 rings (SSSR count). The predicted octanol–water partition coefficient (Wildman–Crippen LogP) is 1.56. The molecule has 1 atom stereocenters. The van der Waals surface area contributed by atoms with E-state index in [0.29, 0.717) is 12.0 Å². The van der Waals surface area contributed by atoms with Gasteiger partial charge in [-0.1, -0.05) is 13.8 Å². The van der Waals surface area contributed by atoms with Gasteiger partial charge in [0.1, 0.15) is 0 Å². The quantitative estimate of drug-likeness (QED) is 0.658. The second kappa shape index (κ2) is 3.24. The highest BCUT2D eigenvalue weighted by Crippen LogP contribution is 2.35. The second-order valence-corrected chi connectivity index (χ2v) is 3.81. The lowest BCUT2D eigenvalue weighted by Crippen LogP contribution is -2.38. The van der Waals surface area contributed by atoms with Crippen LogP contribution in [0.25, 0.3) is 0 Å². The first kappa shape index (κ1) is 8.57. The molecule has 2 nitrogen and oxygen atoms in total. The number of carbonyl (C=O) groups is 1. The maximum Gasteiger partial charge on any atom is 0.217 e. The lowest BCUT2D eigenvalue weighted by Gasteiger charge is -2.20. The second-order valence-electron chi connectivity index (χ2n) is 3.81. The summed E-state index contributed by atoms with van der Waals surface area (Å²) in [5, 5.41) is 3.00. The summed E-state index contributed by atoms with van der Waals surface area (Å²) in [6, 6.07) is 0.424. The third-order valence-corrected chi connectivity index (χ3v) is 2.22. The molecule has 0 spiro atoms. The first-order valence-electron chi connectivity index (χ1n) is 4.38. The SMILES string of the molecule is CC(=O)NC(C(C)C)C1CC1. The smallest absolute Gasteiger partial charge is 0.217 e. The Morgan fingerprint density at radius 1 is 1.45 bits per heavy atom. The molecule has 0 radical (unpaired) electrons. The van der Waals surface area contributed by atoms with E-state index < -0.39 is 0 Å². The first-order valence-corrected chi connectivity index (χ1v) is 4.38. The zero-order chi connectivity index (χ0) is 8.43. The van der Waals surface area contributed by atoms with Gasteiger partial charge in [-0.25, -0.2) is 0 Å². The molecule has 64 valence electrons. The van der Waals surface area contributed by atoms with E-state index in [1.54, 1.807) is 6.92 Å². The Morgan fingerprint density at radius 3 is 2.27 bits per heavy atom. The Balaban J connectivity index is 2.38. The fourth-order valence-electron chi connectivity index (χ4n) is 1.52. The summed E-state index contributed by atoms with van der Waals surface area (Å²) in [6.07, 6.45) is 2.59.